The maximum atomic E-state index is 5.99. The van der Waals surface area contributed by atoms with Crippen molar-refractivity contribution >= 4 is 17.6 Å². The molecule has 0 bridgehead atoms. The minimum Gasteiger partial charge on any atom is -0.493 e. The van der Waals surface area contributed by atoms with E-state index in [0.29, 0.717) is 18.2 Å². The summed E-state index contributed by atoms with van der Waals surface area (Å²) in [7, 11) is 1.77. The number of benzene rings is 1. The molecule has 0 heterocycles. The molecule has 0 saturated heterocycles. The van der Waals surface area contributed by atoms with Gasteiger partial charge in [0.05, 0.1) is 6.61 Å². The molecule has 0 aromatic heterocycles. The van der Waals surface area contributed by atoms with E-state index in [1.165, 1.54) is 0 Å². The van der Waals surface area contributed by atoms with Crippen molar-refractivity contribution in [3.8, 4) is 5.75 Å². The molecular formula is C15H24ClN3O. The van der Waals surface area contributed by atoms with Crippen LogP contribution >= 0.6 is 11.6 Å². The van der Waals surface area contributed by atoms with Crippen molar-refractivity contribution in [3.05, 3.63) is 28.8 Å². The molecule has 0 atom stereocenters. The van der Waals surface area contributed by atoms with Gasteiger partial charge in [0.25, 0.3) is 0 Å². The zero-order valence-corrected chi connectivity index (χ0v) is 13.3. The normalized spacial score (nSPS) is 11.3. The number of hydrogen-bond donors (Lipinski definition) is 2. The van der Waals surface area contributed by atoms with Gasteiger partial charge in [0.2, 0.25) is 0 Å². The zero-order chi connectivity index (χ0) is 14.8. The maximum absolute atomic E-state index is 5.99. The van der Waals surface area contributed by atoms with E-state index in [0.717, 1.165) is 36.7 Å². The van der Waals surface area contributed by atoms with Crippen molar-refractivity contribution < 1.29 is 4.74 Å². The Hall–Kier alpha value is -1.42. The molecule has 0 spiro atoms. The summed E-state index contributed by atoms with van der Waals surface area (Å²) in [4.78, 5) is 4.20. The highest BCUT2D eigenvalue weighted by Crippen LogP contribution is 2.23. The molecule has 0 amide bonds. The molecule has 20 heavy (non-hydrogen) atoms. The smallest absolute Gasteiger partial charge is 0.191 e. The predicted octanol–water partition coefficient (Wildman–Crippen LogP) is 3.20. The highest BCUT2D eigenvalue weighted by atomic mass is 35.5. The van der Waals surface area contributed by atoms with E-state index in [1.807, 2.05) is 25.1 Å². The number of nitrogens with one attached hydrogen (secondary N) is 2. The maximum Gasteiger partial charge on any atom is 0.191 e. The van der Waals surface area contributed by atoms with Crippen LogP contribution < -0.4 is 15.4 Å². The SMILES string of the molecule is CCCCNC(=NC)NCc1ccc(Cl)cc1OCC. The Bertz CT molecular complexity index is 435. The summed E-state index contributed by atoms with van der Waals surface area (Å²) < 4.78 is 5.60. The van der Waals surface area contributed by atoms with E-state index in [2.05, 4.69) is 22.5 Å². The van der Waals surface area contributed by atoms with E-state index in [1.54, 1.807) is 7.05 Å². The van der Waals surface area contributed by atoms with Gasteiger partial charge in [-0.1, -0.05) is 31.0 Å². The average Bonchev–Trinajstić information content (AvgIpc) is 2.44. The Kier molecular flexibility index (Phi) is 7.88. The fourth-order valence-corrected chi connectivity index (χ4v) is 1.91. The molecule has 2 N–H and O–H groups in total. The third-order valence-electron chi connectivity index (χ3n) is 2.82. The zero-order valence-electron chi connectivity index (χ0n) is 12.5. The van der Waals surface area contributed by atoms with Crippen LogP contribution in [-0.2, 0) is 6.54 Å². The summed E-state index contributed by atoms with van der Waals surface area (Å²) in [5, 5.41) is 7.24. The number of hydrogen-bond acceptors (Lipinski definition) is 2. The summed E-state index contributed by atoms with van der Waals surface area (Å²) in [6, 6.07) is 5.68. The van der Waals surface area contributed by atoms with Crippen molar-refractivity contribution in [2.75, 3.05) is 20.2 Å². The number of halogens is 1. The molecule has 4 nitrogen and oxygen atoms in total. The first-order chi connectivity index (χ1) is 9.71. The Balaban J connectivity index is 2.59. The molecule has 1 rings (SSSR count). The summed E-state index contributed by atoms with van der Waals surface area (Å²) in [5.41, 5.74) is 1.06. The Morgan fingerprint density at radius 3 is 2.75 bits per heavy atom. The lowest BCUT2D eigenvalue weighted by Crippen LogP contribution is -2.37. The van der Waals surface area contributed by atoms with Crippen LogP contribution in [0.25, 0.3) is 0 Å². The Labute approximate surface area is 126 Å². The van der Waals surface area contributed by atoms with E-state index < -0.39 is 0 Å². The molecule has 0 aliphatic rings. The van der Waals surface area contributed by atoms with Gasteiger partial charge in [0.1, 0.15) is 5.75 Å². The number of aliphatic imine (C=N–C) groups is 1. The predicted molar refractivity (Wildman–Crippen MR) is 85.7 cm³/mol. The molecular weight excluding hydrogens is 274 g/mol. The first kappa shape index (κ1) is 16.6. The van der Waals surface area contributed by atoms with Gasteiger partial charge in [0, 0.05) is 30.7 Å². The second kappa shape index (κ2) is 9.48. The second-order valence-corrected chi connectivity index (χ2v) is 4.83. The Morgan fingerprint density at radius 1 is 1.30 bits per heavy atom. The van der Waals surface area contributed by atoms with Crippen LogP contribution in [0.4, 0.5) is 0 Å². The molecule has 0 aliphatic carbocycles. The van der Waals surface area contributed by atoms with Crippen molar-refractivity contribution in [3.63, 3.8) is 0 Å². The van der Waals surface area contributed by atoms with Crippen molar-refractivity contribution in [2.45, 2.75) is 33.2 Å². The molecule has 0 saturated carbocycles. The fourth-order valence-electron chi connectivity index (χ4n) is 1.75. The van der Waals surface area contributed by atoms with Gasteiger partial charge in [-0.05, 0) is 25.5 Å². The van der Waals surface area contributed by atoms with Crippen molar-refractivity contribution in [1.29, 1.82) is 0 Å². The molecule has 1 aromatic carbocycles. The minimum atomic E-state index is 0.622. The Morgan fingerprint density at radius 2 is 2.10 bits per heavy atom. The first-order valence-electron chi connectivity index (χ1n) is 7.07. The lowest BCUT2D eigenvalue weighted by molar-refractivity contribution is 0.336. The highest BCUT2D eigenvalue weighted by Gasteiger charge is 2.05. The molecule has 0 unspecified atom stereocenters. The monoisotopic (exact) mass is 297 g/mol. The van der Waals surface area contributed by atoms with Gasteiger partial charge in [0.15, 0.2) is 5.96 Å². The van der Waals surface area contributed by atoms with Crippen LogP contribution in [-0.4, -0.2) is 26.2 Å². The summed E-state index contributed by atoms with van der Waals surface area (Å²) in [6.07, 6.45) is 2.29. The second-order valence-electron chi connectivity index (χ2n) is 4.39. The molecule has 5 heteroatoms. The van der Waals surface area contributed by atoms with Gasteiger partial charge in [-0.3, -0.25) is 4.99 Å². The molecule has 0 aliphatic heterocycles. The van der Waals surface area contributed by atoms with Crippen LogP contribution in [0.2, 0.25) is 5.02 Å². The van der Waals surface area contributed by atoms with E-state index in [-0.39, 0.29) is 0 Å². The molecule has 0 fully saturated rings. The third kappa shape index (κ3) is 5.70. The quantitative estimate of drug-likeness (QED) is 0.461. The van der Waals surface area contributed by atoms with Gasteiger partial charge in [-0.15, -0.1) is 0 Å². The number of guanidine groups is 1. The van der Waals surface area contributed by atoms with Crippen molar-refractivity contribution in [1.82, 2.24) is 10.6 Å². The lowest BCUT2D eigenvalue weighted by Gasteiger charge is -2.14. The average molecular weight is 298 g/mol. The van der Waals surface area contributed by atoms with Crippen LogP contribution in [0.1, 0.15) is 32.3 Å². The van der Waals surface area contributed by atoms with E-state index in [9.17, 15) is 0 Å². The van der Waals surface area contributed by atoms with Crippen LogP contribution in [0.3, 0.4) is 0 Å². The largest absolute Gasteiger partial charge is 0.493 e. The van der Waals surface area contributed by atoms with E-state index >= 15 is 0 Å². The van der Waals surface area contributed by atoms with Crippen molar-refractivity contribution in [2.24, 2.45) is 4.99 Å². The highest BCUT2D eigenvalue weighted by molar-refractivity contribution is 6.30. The van der Waals surface area contributed by atoms with Crippen LogP contribution in [0, 0.1) is 0 Å². The summed E-state index contributed by atoms with van der Waals surface area (Å²) in [5.74, 6) is 1.62. The molecule has 112 valence electrons. The van der Waals surface area contributed by atoms with Gasteiger partial charge >= 0.3 is 0 Å². The molecule has 1 aromatic rings. The number of rotatable bonds is 7. The summed E-state index contributed by atoms with van der Waals surface area (Å²) >= 11 is 5.99. The number of unbranched alkanes of at least 4 members (excludes halogenated alkanes) is 1. The topological polar surface area (TPSA) is 45.7 Å². The lowest BCUT2D eigenvalue weighted by atomic mass is 10.2. The van der Waals surface area contributed by atoms with E-state index in [4.69, 9.17) is 16.3 Å². The standard InChI is InChI=1S/C15H24ClN3O/c1-4-6-9-18-15(17-3)19-11-12-7-8-13(16)10-14(12)20-5-2/h7-8,10H,4-6,9,11H2,1-3H3,(H2,17,18,19). The molecule has 0 radical (unpaired) electrons. The first-order valence-corrected chi connectivity index (χ1v) is 7.44. The van der Waals surface area contributed by atoms with Crippen LogP contribution in [0.5, 0.6) is 5.75 Å². The van der Waals surface area contributed by atoms with Gasteiger partial charge < -0.3 is 15.4 Å². The fraction of sp³-hybridized carbons (Fsp3) is 0.533. The number of ether oxygens (including phenoxy) is 1. The van der Waals surface area contributed by atoms with Crippen LogP contribution in [0.15, 0.2) is 23.2 Å². The third-order valence-corrected chi connectivity index (χ3v) is 3.06. The van der Waals surface area contributed by atoms with Gasteiger partial charge in [-0.25, -0.2) is 0 Å². The summed E-state index contributed by atoms with van der Waals surface area (Å²) in [6.45, 7) is 6.33. The minimum absolute atomic E-state index is 0.622. The van der Waals surface area contributed by atoms with Gasteiger partial charge in [-0.2, -0.15) is 0 Å². The number of nitrogens with zero attached hydrogens (tertiary/aromatic N) is 1.